The molecule has 23 heavy (non-hydrogen) atoms. The van der Waals surface area contributed by atoms with Gasteiger partial charge in [0.2, 0.25) is 0 Å². The highest BCUT2D eigenvalue weighted by atomic mass is 16.7. The number of phenols is 1. The predicted molar refractivity (Wildman–Crippen MR) is 82.2 cm³/mol. The summed E-state index contributed by atoms with van der Waals surface area (Å²) in [5, 5.41) is 35.8. The number of phenolic OH excluding ortho intramolecular Hbond substituents is 1. The number of carboxylic acid groups (broad SMARTS) is 1. The van der Waals surface area contributed by atoms with Crippen LogP contribution in [-0.4, -0.2) is 39.8 Å². The third kappa shape index (κ3) is 7.62. The minimum absolute atomic E-state index is 0.142. The number of nitrogens with two attached hydrogens (primary N) is 1. The van der Waals surface area contributed by atoms with Crippen LogP contribution < -0.4 is 16.4 Å². The zero-order valence-corrected chi connectivity index (χ0v) is 12.3. The predicted octanol–water partition coefficient (Wildman–Crippen LogP) is -0.189. The fourth-order valence-electron chi connectivity index (χ4n) is 1.81. The Morgan fingerprint density at radius 1 is 1.39 bits per heavy atom. The van der Waals surface area contributed by atoms with Crippen molar-refractivity contribution in [2.24, 2.45) is 10.8 Å². The van der Waals surface area contributed by atoms with Crippen molar-refractivity contribution in [1.82, 2.24) is 10.6 Å². The molecular weight excluding hydrogens is 306 g/mol. The number of aliphatic carboxylic acids is 1. The van der Waals surface area contributed by atoms with Crippen molar-refractivity contribution in [3.8, 4) is 5.75 Å². The molecule has 0 aliphatic carbocycles. The van der Waals surface area contributed by atoms with Gasteiger partial charge in [-0.05, 0) is 30.5 Å². The first-order valence-corrected chi connectivity index (χ1v) is 6.85. The molecule has 1 aromatic rings. The lowest BCUT2D eigenvalue weighted by atomic mass is 10.1. The largest absolute Gasteiger partial charge is 0.508 e. The first-order valence-electron chi connectivity index (χ1n) is 6.85. The van der Waals surface area contributed by atoms with E-state index in [2.05, 4.69) is 15.7 Å². The zero-order valence-electron chi connectivity index (χ0n) is 12.3. The number of nitrogens with zero attached hydrogens (tertiary/aromatic N) is 2. The molecule has 0 saturated carbocycles. The number of nitrogens with one attached hydrogen (secondary N) is 2. The van der Waals surface area contributed by atoms with Crippen molar-refractivity contribution < 1.29 is 20.0 Å². The van der Waals surface area contributed by atoms with Crippen molar-refractivity contribution in [2.75, 3.05) is 6.54 Å². The SMILES string of the molecule is NC(=N[N+](=O)[O-])NCCC[C@@H](NCc1ccc(O)cc1)C(=O)O. The maximum Gasteiger partial charge on any atom is 0.320 e. The third-order valence-corrected chi connectivity index (χ3v) is 2.95. The summed E-state index contributed by atoms with van der Waals surface area (Å²) in [7, 11) is 0. The highest BCUT2D eigenvalue weighted by molar-refractivity contribution is 5.77. The van der Waals surface area contributed by atoms with Gasteiger partial charge in [-0.2, -0.15) is 0 Å². The van der Waals surface area contributed by atoms with Crippen molar-refractivity contribution in [1.29, 1.82) is 0 Å². The van der Waals surface area contributed by atoms with E-state index in [-0.39, 0.29) is 18.3 Å². The van der Waals surface area contributed by atoms with E-state index in [1.807, 2.05) is 0 Å². The summed E-state index contributed by atoms with van der Waals surface area (Å²) in [6.45, 7) is 0.615. The van der Waals surface area contributed by atoms with Crippen LogP contribution in [0, 0.1) is 10.1 Å². The number of hydrazone groups is 1. The topological polar surface area (TPSA) is 163 Å². The minimum atomic E-state index is -0.990. The van der Waals surface area contributed by atoms with Gasteiger partial charge in [-0.25, -0.2) is 10.1 Å². The maximum absolute atomic E-state index is 11.2. The third-order valence-electron chi connectivity index (χ3n) is 2.95. The van der Waals surface area contributed by atoms with Crippen molar-refractivity contribution in [3.63, 3.8) is 0 Å². The molecule has 6 N–H and O–H groups in total. The van der Waals surface area contributed by atoms with Gasteiger partial charge in [0.05, 0.1) is 0 Å². The molecule has 10 heteroatoms. The van der Waals surface area contributed by atoms with E-state index in [0.29, 0.717) is 19.4 Å². The summed E-state index contributed by atoms with van der Waals surface area (Å²) in [6, 6.07) is 5.66. The van der Waals surface area contributed by atoms with Gasteiger partial charge in [0.1, 0.15) is 16.9 Å². The molecule has 0 radical (unpaired) electrons. The van der Waals surface area contributed by atoms with Crippen molar-refractivity contribution in [3.05, 3.63) is 39.9 Å². The Morgan fingerprint density at radius 2 is 2.04 bits per heavy atom. The lowest BCUT2D eigenvalue weighted by Gasteiger charge is -2.14. The van der Waals surface area contributed by atoms with Crippen LogP contribution in [-0.2, 0) is 11.3 Å². The number of aromatic hydroxyl groups is 1. The van der Waals surface area contributed by atoms with Gasteiger partial charge < -0.3 is 26.6 Å². The average molecular weight is 325 g/mol. The molecule has 0 aliphatic rings. The van der Waals surface area contributed by atoms with E-state index in [9.17, 15) is 20.0 Å². The molecule has 0 bridgehead atoms. The Labute approximate surface area is 132 Å². The maximum atomic E-state index is 11.2. The molecule has 0 saturated heterocycles. The molecule has 0 aliphatic heterocycles. The number of nitro groups is 1. The molecular formula is C13H19N5O5. The normalized spacial score (nSPS) is 12.6. The van der Waals surface area contributed by atoms with Crippen LogP contribution in [0.25, 0.3) is 0 Å². The van der Waals surface area contributed by atoms with E-state index >= 15 is 0 Å². The average Bonchev–Trinajstić information content (AvgIpc) is 2.47. The van der Waals surface area contributed by atoms with Crippen LogP contribution in [0.4, 0.5) is 0 Å². The quantitative estimate of drug-likeness (QED) is 0.137. The van der Waals surface area contributed by atoms with E-state index in [4.69, 9.17) is 10.8 Å². The smallest absolute Gasteiger partial charge is 0.320 e. The highest BCUT2D eigenvalue weighted by Gasteiger charge is 2.16. The van der Waals surface area contributed by atoms with Crippen LogP contribution in [0.5, 0.6) is 5.75 Å². The van der Waals surface area contributed by atoms with E-state index < -0.39 is 17.0 Å². The second-order valence-electron chi connectivity index (χ2n) is 4.73. The Hall–Kier alpha value is -2.88. The summed E-state index contributed by atoms with van der Waals surface area (Å²) in [4.78, 5) is 21.3. The fraction of sp³-hybridized carbons (Fsp3) is 0.385. The molecule has 10 nitrogen and oxygen atoms in total. The minimum Gasteiger partial charge on any atom is -0.508 e. The Morgan fingerprint density at radius 3 is 2.61 bits per heavy atom. The van der Waals surface area contributed by atoms with Crippen molar-refractivity contribution in [2.45, 2.75) is 25.4 Å². The second kappa shape index (κ2) is 9.20. The Bertz CT molecular complexity index is 560. The van der Waals surface area contributed by atoms with Crippen LogP contribution in [0.3, 0.4) is 0 Å². The van der Waals surface area contributed by atoms with Crippen LogP contribution in [0.1, 0.15) is 18.4 Å². The number of guanidine groups is 1. The van der Waals surface area contributed by atoms with E-state index in [1.165, 1.54) is 12.1 Å². The number of carbonyl (C=O) groups is 1. The molecule has 0 amide bonds. The number of rotatable bonds is 9. The second-order valence-corrected chi connectivity index (χ2v) is 4.73. The summed E-state index contributed by atoms with van der Waals surface area (Å²) in [6.07, 6.45) is 0.750. The van der Waals surface area contributed by atoms with Gasteiger partial charge in [-0.15, -0.1) is 0 Å². The number of carboxylic acids is 1. The number of hydrogen-bond donors (Lipinski definition) is 5. The molecule has 0 aromatic heterocycles. The van der Waals surface area contributed by atoms with Gasteiger partial charge in [0.15, 0.2) is 5.03 Å². The molecule has 1 rings (SSSR count). The van der Waals surface area contributed by atoms with Crippen molar-refractivity contribution >= 4 is 11.9 Å². The lowest BCUT2D eigenvalue weighted by molar-refractivity contribution is -0.485. The molecule has 1 atom stereocenters. The lowest BCUT2D eigenvalue weighted by Crippen LogP contribution is -2.38. The molecule has 0 unspecified atom stereocenters. The van der Waals surface area contributed by atoms with Gasteiger partial charge in [0.25, 0.3) is 5.96 Å². The van der Waals surface area contributed by atoms with E-state index in [0.717, 1.165) is 5.56 Å². The first kappa shape index (κ1) is 18.2. The summed E-state index contributed by atoms with van der Waals surface area (Å²) < 4.78 is 0. The first-order chi connectivity index (χ1) is 10.9. The number of benzene rings is 1. The van der Waals surface area contributed by atoms with Crippen LogP contribution >= 0.6 is 0 Å². The molecule has 126 valence electrons. The monoisotopic (exact) mass is 325 g/mol. The summed E-state index contributed by atoms with van der Waals surface area (Å²) >= 11 is 0. The zero-order chi connectivity index (χ0) is 17.2. The van der Waals surface area contributed by atoms with Gasteiger partial charge in [0, 0.05) is 13.1 Å². The fourth-order valence-corrected chi connectivity index (χ4v) is 1.81. The molecule has 0 fully saturated rings. The van der Waals surface area contributed by atoms with Crippen LogP contribution in [0.2, 0.25) is 0 Å². The van der Waals surface area contributed by atoms with E-state index in [1.54, 1.807) is 12.1 Å². The van der Waals surface area contributed by atoms with Gasteiger partial charge >= 0.3 is 5.97 Å². The van der Waals surface area contributed by atoms with Crippen LogP contribution in [0.15, 0.2) is 29.4 Å². The number of hydrogen-bond acceptors (Lipinski definition) is 5. The molecule has 1 aromatic carbocycles. The summed E-state index contributed by atoms with van der Waals surface area (Å²) in [5.74, 6) is -1.17. The molecule has 0 heterocycles. The summed E-state index contributed by atoms with van der Waals surface area (Å²) in [5.41, 5.74) is 6.09. The van der Waals surface area contributed by atoms with Gasteiger partial charge in [-0.3, -0.25) is 4.79 Å². The van der Waals surface area contributed by atoms with Gasteiger partial charge in [-0.1, -0.05) is 12.1 Å². The Kier molecular flexibility index (Phi) is 7.27. The Balaban J connectivity index is 2.36. The standard InChI is InChI=1S/C13H19N5O5/c14-13(17-18(22)23)15-7-1-2-11(12(20)21)16-8-9-3-5-10(19)6-4-9/h3-6,11,16,19H,1-2,7-8H2,(H,20,21)(H3,14,15,17)/t11-/m1/s1. The highest BCUT2D eigenvalue weighted by Crippen LogP contribution is 2.09. The molecule has 0 spiro atoms.